The van der Waals surface area contributed by atoms with E-state index >= 15 is 0 Å². The molecule has 0 aliphatic rings. The molecule has 25 heteroatoms. The van der Waals surface area contributed by atoms with Gasteiger partial charge in [0.15, 0.2) is 0 Å². The van der Waals surface area contributed by atoms with Gasteiger partial charge in [0, 0.05) is 431 Å². The van der Waals surface area contributed by atoms with Crippen LogP contribution in [0.1, 0.15) is 0 Å². The van der Waals surface area contributed by atoms with Gasteiger partial charge in [-0.3, -0.25) is 0 Å². The first kappa shape index (κ1) is 201. The minimum absolute atomic E-state index is 0. The summed E-state index contributed by atoms with van der Waals surface area (Å²) in [4.78, 5) is 0. The number of rotatable bonds is 0. The fourth-order valence-corrected chi connectivity index (χ4v) is 0. The van der Waals surface area contributed by atoms with Gasteiger partial charge in [0.25, 0.3) is 0 Å². The van der Waals surface area contributed by atoms with Crippen LogP contribution >= 0.6 is 0 Å². The third kappa shape index (κ3) is 180. The standard InChI is InChI=1S/Ac.Al.Ba.Ca.Cr.Cs.Ga.Ge.Hf.In.Mg.Mn.Mo.Nb.Rb.Re.Sc.Si.Sn.Sr.Ta.Ti.V.Y.Zr.10H. The fraction of sp³-hybridized carbons (Fsp3) is 0. The zero-order chi connectivity index (χ0) is 0. The third-order valence-electron chi connectivity index (χ3n) is 0. The average molecular weight is 2340 g/mol. The Bertz CT molecular complexity index is 116. The van der Waals surface area contributed by atoms with Crippen molar-refractivity contribution >= 4 is 398 Å². The molecule has 0 unspecified atom stereocenters. The molecule has 0 atom stereocenters. The van der Waals surface area contributed by atoms with Crippen LogP contribution < -0.4 is 0 Å². The maximum absolute atomic E-state index is 0. The minimum Gasteiger partial charge on any atom is 0 e. The Morgan fingerprint density at radius 1 is 1.00 bits per heavy atom. The van der Waals surface area contributed by atoms with E-state index in [9.17, 15) is 0 Å². The Morgan fingerprint density at radius 3 is 1.00 bits per heavy atom. The van der Waals surface area contributed by atoms with E-state index in [2.05, 4.69) is 0 Å². The van der Waals surface area contributed by atoms with E-state index in [1.807, 2.05) is 0 Å². The molecule has 0 fully saturated rings. The van der Waals surface area contributed by atoms with Gasteiger partial charge in [-0.15, -0.1) is 0 Å². The minimum atomic E-state index is 0. The molecule has 0 rings (SSSR count). The molecule has 0 spiro atoms. The molecule has 0 saturated carbocycles. The summed E-state index contributed by atoms with van der Waals surface area (Å²) < 4.78 is 0. The molecule has 0 aromatic heterocycles. The molecule has 0 aromatic rings. The van der Waals surface area contributed by atoms with Crippen molar-refractivity contribution in [1.82, 2.24) is 0 Å². The van der Waals surface area contributed by atoms with Crippen LogP contribution in [0.2, 0.25) is 0 Å². The molecular weight excluding hydrogens is 2330 g/mol. The molecule has 0 saturated heterocycles. The molecule has 0 bridgehead atoms. The summed E-state index contributed by atoms with van der Waals surface area (Å²) in [6.07, 6.45) is 0. The quantitative estimate of drug-likeness (QED) is 0.212. The van der Waals surface area contributed by atoms with Gasteiger partial charge >= 0.3 is 282 Å². The van der Waals surface area contributed by atoms with Gasteiger partial charge in [0.2, 0.25) is 0 Å². The molecule has 0 heterocycles. The molecule has 25 heavy (non-hydrogen) atoms. The summed E-state index contributed by atoms with van der Waals surface area (Å²) in [7, 11) is 0. The summed E-state index contributed by atoms with van der Waals surface area (Å²) in [5.74, 6) is 0. The second-order valence-corrected chi connectivity index (χ2v) is 0. The van der Waals surface area contributed by atoms with Crippen molar-refractivity contribution in [2.75, 3.05) is 0 Å². The van der Waals surface area contributed by atoms with Crippen LogP contribution in [0, 0.1) is 44.1 Å². The van der Waals surface area contributed by atoms with Crippen molar-refractivity contribution in [3.8, 4) is 0 Å². The Hall–Kier alpha value is 22.9. The Kier molecular flexibility index (Phi) is 1520. The topological polar surface area (TPSA) is 0 Å². The van der Waals surface area contributed by atoms with Gasteiger partial charge < -0.3 is 0 Å². The smallest absolute Gasteiger partial charge is 0 e. The molecule has 0 nitrogen and oxygen atoms in total. The molecular formula is H10AcAlBaCaCrCsGaGeHfInMgMnMoNbRbReScSiSnSrTaTiVYZr. The third-order valence-corrected chi connectivity index (χ3v) is 0. The van der Waals surface area contributed by atoms with Gasteiger partial charge in [-0.2, -0.15) is 0 Å². The number of hydrogen-bond donors (Lipinski definition) is 0. The van der Waals surface area contributed by atoms with Gasteiger partial charge in [-0.1, -0.05) is 0 Å². The Balaban J connectivity index is 0. The van der Waals surface area contributed by atoms with E-state index in [0.717, 1.165) is 0 Å². The maximum Gasteiger partial charge on any atom is 0 e. The molecule has 0 aromatic carbocycles. The van der Waals surface area contributed by atoms with Crippen LogP contribution in [0.4, 0.5) is 0 Å². The van der Waals surface area contributed by atoms with E-state index in [0.29, 0.717) is 0 Å². The van der Waals surface area contributed by atoms with Gasteiger partial charge in [-0.25, -0.2) is 0 Å². The predicted molar refractivity (Wildman–Crippen MR) is 83.0 cm³/mol. The van der Waals surface area contributed by atoms with E-state index in [1.165, 1.54) is 0 Å². The summed E-state index contributed by atoms with van der Waals surface area (Å²) in [6.45, 7) is 0. The first-order valence-electron chi connectivity index (χ1n) is 0. The zero-order valence-corrected chi connectivity index (χ0v) is 53.2. The molecule has 0 amide bonds. The second-order valence-electron chi connectivity index (χ2n) is 0. The van der Waals surface area contributed by atoms with Crippen molar-refractivity contribution in [3.63, 3.8) is 0 Å². The zero-order valence-electron chi connectivity index (χ0n) is 9.38. The summed E-state index contributed by atoms with van der Waals surface area (Å²) in [6, 6.07) is 0. The van der Waals surface area contributed by atoms with Crippen molar-refractivity contribution < 1.29 is 316 Å². The van der Waals surface area contributed by atoms with Gasteiger partial charge in [-0.05, 0) is 0 Å². The Labute approximate surface area is 687 Å². The molecule has 0 aliphatic heterocycles. The maximum atomic E-state index is 0. The normalized spacial score (nSPS) is 0. The van der Waals surface area contributed by atoms with Crippen LogP contribution in [0.5, 0.6) is 0 Å². The monoisotopic (exact) mass is 2350 g/mol. The van der Waals surface area contributed by atoms with E-state index in [4.69, 9.17) is 0 Å². The van der Waals surface area contributed by atoms with Crippen LogP contribution in [-0.2, 0) is 272 Å². The summed E-state index contributed by atoms with van der Waals surface area (Å²) in [5, 5.41) is 0. The second kappa shape index (κ2) is 188. The molecule has 103 valence electrons. The summed E-state index contributed by atoms with van der Waals surface area (Å²) in [5.41, 5.74) is 0. The van der Waals surface area contributed by atoms with Crippen LogP contribution in [-0.4, -0.2) is 398 Å². The van der Waals surface area contributed by atoms with Crippen molar-refractivity contribution in [2.45, 2.75) is 0 Å². The summed E-state index contributed by atoms with van der Waals surface area (Å²) >= 11 is 0. The van der Waals surface area contributed by atoms with E-state index in [-0.39, 0.29) is 713 Å². The number of hydrogen-bond acceptors (Lipinski definition) is 0. The van der Waals surface area contributed by atoms with Gasteiger partial charge in [0.05, 0.1) is 0 Å². The molecule has 29 radical (unpaired) electrons. The predicted octanol–water partition coefficient (Wildman–Crippen LogP) is -7.28. The van der Waals surface area contributed by atoms with E-state index < -0.39 is 0 Å². The van der Waals surface area contributed by atoms with Crippen molar-refractivity contribution in [2.24, 2.45) is 0 Å². The molecule has 0 aliphatic carbocycles. The van der Waals surface area contributed by atoms with Crippen LogP contribution in [0.3, 0.4) is 0 Å². The fourth-order valence-electron chi connectivity index (χ4n) is 0. The van der Waals surface area contributed by atoms with E-state index in [1.54, 1.807) is 0 Å². The Morgan fingerprint density at radius 2 is 1.00 bits per heavy atom. The van der Waals surface area contributed by atoms with Crippen molar-refractivity contribution in [3.05, 3.63) is 0 Å². The molecule has 0 N–H and O–H groups in total. The SMILES string of the molecule is [Ac].[Al].[BaH2].[CaH2].[Cr].[CsH].[Ga].[Ge].[Hf].[In].[MgH2].[Mn].[Mo].[Nb].[RbH].[Re].[Sc].[Si].[Sn].[SrH2].[Ta].[Ti].[V].[Y].[Zr]. The van der Waals surface area contributed by atoms with Crippen LogP contribution in [0.15, 0.2) is 0 Å². The average Bonchev–Trinajstić information content (AvgIpc) is 0. The first-order valence-corrected chi connectivity index (χ1v) is 0. The largest absolute Gasteiger partial charge is 0 e. The first-order chi connectivity index (χ1) is 0. The van der Waals surface area contributed by atoms with Crippen LogP contribution in [0.25, 0.3) is 0 Å². The van der Waals surface area contributed by atoms with Crippen molar-refractivity contribution in [1.29, 1.82) is 0 Å². The van der Waals surface area contributed by atoms with Gasteiger partial charge in [0.1, 0.15) is 0 Å².